The van der Waals surface area contributed by atoms with Gasteiger partial charge in [-0.3, -0.25) is 19.2 Å². The number of pyridine rings is 1. The lowest BCUT2D eigenvalue weighted by Gasteiger charge is -2.23. The van der Waals surface area contributed by atoms with Crippen LogP contribution < -0.4 is 4.90 Å². The predicted octanol–water partition coefficient (Wildman–Crippen LogP) is 6.94. The number of fused-ring (bicyclic) bond motifs is 1. The molecular formula is C31H23N5OS. The number of hydrogen-bond acceptors (Lipinski definition) is 5. The summed E-state index contributed by atoms with van der Waals surface area (Å²) < 4.78 is 1.98. The molecule has 2 heterocycles. The molecule has 0 radical (unpaired) electrons. The van der Waals surface area contributed by atoms with E-state index in [9.17, 15) is 4.79 Å². The van der Waals surface area contributed by atoms with Crippen molar-refractivity contribution in [3.8, 4) is 17.1 Å². The van der Waals surface area contributed by atoms with Crippen LogP contribution in [0.5, 0.6) is 0 Å². The number of anilines is 2. The molecule has 6 aromatic rings. The Morgan fingerprint density at radius 3 is 2.16 bits per heavy atom. The molecule has 0 atom stereocenters. The molecule has 38 heavy (non-hydrogen) atoms. The number of carbonyl (C=O) groups excluding carboxylic acids is 1. The smallest absolute Gasteiger partial charge is 0.242 e. The normalized spacial score (nSPS) is 10.9. The SMILES string of the molecule is O=C(CSc1nnc(-c2ccncc2)n1-c1ccccc1)N(c1ccccc1)c1ccc2ccccc2c1. The molecule has 0 spiro atoms. The van der Waals surface area contributed by atoms with Gasteiger partial charge in [-0.05, 0) is 59.3 Å². The number of amides is 1. The average Bonchev–Trinajstić information content (AvgIpc) is 3.42. The molecule has 7 heteroatoms. The molecule has 0 aliphatic rings. The number of hydrogen-bond donors (Lipinski definition) is 0. The average molecular weight is 514 g/mol. The van der Waals surface area contributed by atoms with Crippen molar-refractivity contribution in [2.24, 2.45) is 0 Å². The highest BCUT2D eigenvalue weighted by atomic mass is 32.2. The molecule has 0 N–H and O–H groups in total. The summed E-state index contributed by atoms with van der Waals surface area (Å²) in [5.41, 5.74) is 3.46. The highest BCUT2D eigenvalue weighted by molar-refractivity contribution is 7.99. The van der Waals surface area contributed by atoms with Crippen LogP contribution in [0.25, 0.3) is 27.8 Å². The third-order valence-corrected chi connectivity index (χ3v) is 7.08. The largest absolute Gasteiger partial charge is 0.280 e. The topological polar surface area (TPSA) is 63.9 Å². The molecule has 4 aromatic carbocycles. The number of rotatable bonds is 7. The molecular weight excluding hydrogens is 490 g/mol. The first-order valence-corrected chi connectivity index (χ1v) is 13.2. The van der Waals surface area contributed by atoms with Crippen LogP contribution in [0.15, 0.2) is 133 Å². The van der Waals surface area contributed by atoms with Crippen molar-refractivity contribution < 1.29 is 4.79 Å². The van der Waals surface area contributed by atoms with E-state index in [-0.39, 0.29) is 11.7 Å². The Morgan fingerprint density at radius 2 is 1.39 bits per heavy atom. The summed E-state index contributed by atoms with van der Waals surface area (Å²) in [6.07, 6.45) is 3.47. The highest BCUT2D eigenvalue weighted by Gasteiger charge is 2.22. The number of benzene rings is 4. The minimum absolute atomic E-state index is 0.0513. The van der Waals surface area contributed by atoms with Crippen LogP contribution >= 0.6 is 11.8 Å². The highest BCUT2D eigenvalue weighted by Crippen LogP contribution is 2.32. The second-order valence-electron chi connectivity index (χ2n) is 8.60. The fourth-order valence-corrected chi connectivity index (χ4v) is 5.18. The third kappa shape index (κ3) is 4.79. The molecule has 6 nitrogen and oxygen atoms in total. The quantitative estimate of drug-likeness (QED) is 0.216. The monoisotopic (exact) mass is 513 g/mol. The van der Waals surface area contributed by atoms with Gasteiger partial charge in [-0.15, -0.1) is 10.2 Å². The van der Waals surface area contributed by atoms with Crippen molar-refractivity contribution in [3.05, 3.63) is 128 Å². The first-order valence-electron chi connectivity index (χ1n) is 12.2. The van der Waals surface area contributed by atoms with Gasteiger partial charge in [0, 0.05) is 35.0 Å². The Hall–Kier alpha value is -4.75. The van der Waals surface area contributed by atoms with Crippen molar-refractivity contribution >= 4 is 39.8 Å². The summed E-state index contributed by atoms with van der Waals surface area (Å²) in [5.74, 6) is 0.829. The minimum atomic E-state index is -0.0513. The Labute approximate surface area is 224 Å². The minimum Gasteiger partial charge on any atom is -0.280 e. The Kier molecular flexibility index (Phi) is 6.66. The van der Waals surface area contributed by atoms with Gasteiger partial charge in [0.25, 0.3) is 0 Å². The number of nitrogens with zero attached hydrogens (tertiary/aromatic N) is 5. The van der Waals surface area contributed by atoms with E-state index >= 15 is 0 Å². The van der Waals surface area contributed by atoms with E-state index < -0.39 is 0 Å². The molecule has 0 bridgehead atoms. The second-order valence-corrected chi connectivity index (χ2v) is 9.54. The molecule has 0 aliphatic heterocycles. The van der Waals surface area contributed by atoms with Gasteiger partial charge in [0.1, 0.15) is 0 Å². The van der Waals surface area contributed by atoms with Crippen molar-refractivity contribution in [1.82, 2.24) is 19.7 Å². The number of thioether (sulfide) groups is 1. The lowest BCUT2D eigenvalue weighted by Crippen LogP contribution is -2.27. The van der Waals surface area contributed by atoms with E-state index in [0.717, 1.165) is 33.4 Å². The maximum Gasteiger partial charge on any atom is 0.242 e. The summed E-state index contributed by atoms with van der Waals surface area (Å²) in [5, 5.41) is 11.8. The maximum atomic E-state index is 13.8. The first kappa shape index (κ1) is 23.6. The van der Waals surface area contributed by atoms with Gasteiger partial charge in [-0.2, -0.15) is 0 Å². The zero-order valence-corrected chi connectivity index (χ0v) is 21.2. The molecule has 2 aromatic heterocycles. The molecule has 0 saturated carbocycles. The zero-order valence-electron chi connectivity index (χ0n) is 20.4. The molecule has 184 valence electrons. The van der Waals surface area contributed by atoms with E-state index in [1.807, 2.05) is 102 Å². The Bertz CT molecular complexity index is 1690. The van der Waals surface area contributed by atoms with Gasteiger partial charge in [0.2, 0.25) is 5.91 Å². The lowest BCUT2D eigenvalue weighted by atomic mass is 10.1. The van der Waals surface area contributed by atoms with Gasteiger partial charge >= 0.3 is 0 Å². The lowest BCUT2D eigenvalue weighted by molar-refractivity contribution is -0.115. The van der Waals surface area contributed by atoms with Crippen LogP contribution in [0.4, 0.5) is 11.4 Å². The molecule has 0 fully saturated rings. The van der Waals surface area contributed by atoms with E-state index in [2.05, 4.69) is 33.4 Å². The summed E-state index contributed by atoms with van der Waals surface area (Å²) in [4.78, 5) is 19.7. The Morgan fingerprint density at radius 1 is 0.711 bits per heavy atom. The second kappa shape index (κ2) is 10.7. The van der Waals surface area contributed by atoms with Gasteiger partial charge in [-0.25, -0.2) is 0 Å². The first-order chi connectivity index (χ1) is 18.8. The van der Waals surface area contributed by atoms with Crippen LogP contribution in [0.2, 0.25) is 0 Å². The molecule has 6 rings (SSSR count). The van der Waals surface area contributed by atoms with Crippen LogP contribution in [0.1, 0.15) is 0 Å². The van der Waals surface area contributed by atoms with E-state index in [4.69, 9.17) is 0 Å². The van der Waals surface area contributed by atoms with Crippen molar-refractivity contribution in [3.63, 3.8) is 0 Å². The Balaban J connectivity index is 1.34. The molecule has 1 amide bonds. The predicted molar refractivity (Wildman–Crippen MR) is 153 cm³/mol. The number of para-hydroxylation sites is 2. The van der Waals surface area contributed by atoms with Gasteiger partial charge < -0.3 is 0 Å². The van der Waals surface area contributed by atoms with E-state index in [0.29, 0.717) is 11.0 Å². The van der Waals surface area contributed by atoms with Crippen molar-refractivity contribution in [1.29, 1.82) is 0 Å². The fraction of sp³-hybridized carbons (Fsp3) is 0.0323. The third-order valence-electron chi connectivity index (χ3n) is 6.17. The van der Waals surface area contributed by atoms with Gasteiger partial charge in [0.05, 0.1) is 5.75 Å². The standard InChI is InChI=1S/C31H23N5OS/c37-29(35(26-11-3-1-4-12-26)28-16-15-23-9-7-8-10-25(23)21-28)22-38-31-34-33-30(24-17-19-32-20-18-24)36(31)27-13-5-2-6-14-27/h1-21H,22H2. The maximum absolute atomic E-state index is 13.8. The molecule has 0 unspecified atom stereocenters. The van der Waals surface area contributed by atoms with Crippen LogP contribution in [-0.2, 0) is 4.79 Å². The van der Waals surface area contributed by atoms with Gasteiger partial charge in [0.15, 0.2) is 11.0 Å². The molecule has 0 aliphatic carbocycles. The summed E-state index contributed by atoms with van der Waals surface area (Å²) in [7, 11) is 0. The number of carbonyl (C=O) groups is 1. The van der Waals surface area contributed by atoms with E-state index in [1.54, 1.807) is 17.3 Å². The van der Waals surface area contributed by atoms with Crippen molar-refractivity contribution in [2.75, 3.05) is 10.7 Å². The number of aromatic nitrogens is 4. The van der Waals surface area contributed by atoms with Crippen molar-refractivity contribution in [2.45, 2.75) is 5.16 Å². The summed E-state index contributed by atoms with van der Waals surface area (Å²) in [6.45, 7) is 0. The van der Waals surface area contributed by atoms with E-state index in [1.165, 1.54) is 11.8 Å². The zero-order chi connectivity index (χ0) is 25.7. The van der Waals surface area contributed by atoms with Crippen LogP contribution in [0.3, 0.4) is 0 Å². The van der Waals surface area contributed by atoms with Crippen LogP contribution in [0, 0.1) is 0 Å². The summed E-state index contributed by atoms with van der Waals surface area (Å²) in [6, 6.07) is 37.7. The molecule has 0 saturated heterocycles. The fourth-order valence-electron chi connectivity index (χ4n) is 4.38. The van der Waals surface area contributed by atoms with Gasteiger partial charge in [-0.1, -0.05) is 78.5 Å². The summed E-state index contributed by atoms with van der Waals surface area (Å²) >= 11 is 1.37. The van der Waals surface area contributed by atoms with Crippen LogP contribution in [-0.4, -0.2) is 31.4 Å².